The monoisotopic (exact) mass is 435 g/mol. The number of benzene rings is 1. The number of rotatable bonds is 11. The van der Waals surface area contributed by atoms with Crippen LogP contribution in [-0.2, 0) is 21.2 Å². The third kappa shape index (κ3) is 6.21. The molecular weight excluding hydrogens is 410 g/mol. The molecule has 2 aliphatic carbocycles. The second kappa shape index (κ2) is 9.63. The fourth-order valence-electron chi connectivity index (χ4n) is 3.83. The first-order valence-electron chi connectivity index (χ1n) is 9.87. The van der Waals surface area contributed by atoms with Crippen LogP contribution in [0.25, 0.3) is 0 Å². The third-order valence-electron chi connectivity index (χ3n) is 5.35. The van der Waals surface area contributed by atoms with Crippen molar-refractivity contribution in [1.82, 2.24) is 4.72 Å². The van der Waals surface area contributed by atoms with Gasteiger partial charge in [-0.1, -0.05) is 48.0 Å². The third-order valence-corrected chi connectivity index (χ3v) is 6.88. The van der Waals surface area contributed by atoms with Crippen LogP contribution in [-0.4, -0.2) is 25.2 Å². The van der Waals surface area contributed by atoms with E-state index < -0.39 is 16.0 Å². The Hall–Kier alpha value is -2.05. The molecule has 1 aromatic carbocycles. The highest BCUT2D eigenvalue weighted by Crippen LogP contribution is 2.44. The number of carboxylic acid groups (broad SMARTS) is 1. The summed E-state index contributed by atoms with van der Waals surface area (Å²) in [5.41, 5.74) is 2.89. The van der Waals surface area contributed by atoms with Gasteiger partial charge in [-0.3, -0.25) is 9.52 Å². The number of sulfonamides is 1. The van der Waals surface area contributed by atoms with Crippen LogP contribution in [0.1, 0.15) is 37.7 Å². The van der Waals surface area contributed by atoms with Crippen molar-refractivity contribution >= 4 is 27.6 Å². The molecule has 0 aromatic heterocycles. The molecule has 2 N–H and O–H groups in total. The summed E-state index contributed by atoms with van der Waals surface area (Å²) in [5, 5.41) is 9.31. The van der Waals surface area contributed by atoms with Gasteiger partial charge in [0.2, 0.25) is 10.0 Å². The topological polar surface area (TPSA) is 83.5 Å². The summed E-state index contributed by atoms with van der Waals surface area (Å²) >= 11 is 5.88. The number of aliphatic carboxylic acids is 1. The minimum Gasteiger partial charge on any atom is -0.481 e. The SMILES string of the molecule is O=C(O)CCCC=CCC1=C(NS(=O)(=O)CCc2ccc(Cl)cc2)C2C=CC1C2. The smallest absolute Gasteiger partial charge is 0.303 e. The largest absolute Gasteiger partial charge is 0.481 e. The molecule has 0 aliphatic heterocycles. The van der Waals surface area contributed by atoms with Crippen molar-refractivity contribution in [2.75, 3.05) is 5.75 Å². The quantitative estimate of drug-likeness (QED) is 0.397. The molecule has 1 aromatic rings. The molecule has 7 heteroatoms. The van der Waals surface area contributed by atoms with Crippen LogP contribution in [0.3, 0.4) is 0 Å². The average molecular weight is 436 g/mol. The Morgan fingerprint density at radius 1 is 1.17 bits per heavy atom. The molecule has 0 amide bonds. The maximum absolute atomic E-state index is 12.7. The summed E-state index contributed by atoms with van der Waals surface area (Å²) in [4.78, 5) is 10.6. The van der Waals surface area contributed by atoms with E-state index in [2.05, 4.69) is 16.9 Å². The normalized spacial score (nSPS) is 20.7. The van der Waals surface area contributed by atoms with Crippen LogP contribution in [0.4, 0.5) is 0 Å². The van der Waals surface area contributed by atoms with E-state index in [1.807, 2.05) is 24.3 Å². The summed E-state index contributed by atoms with van der Waals surface area (Å²) in [6.45, 7) is 0. The van der Waals surface area contributed by atoms with E-state index in [9.17, 15) is 13.2 Å². The number of hydrogen-bond donors (Lipinski definition) is 2. The van der Waals surface area contributed by atoms with Gasteiger partial charge in [-0.15, -0.1) is 0 Å². The predicted molar refractivity (Wildman–Crippen MR) is 115 cm³/mol. The lowest BCUT2D eigenvalue weighted by atomic mass is 9.98. The predicted octanol–water partition coefficient (Wildman–Crippen LogP) is 4.46. The molecule has 2 atom stereocenters. The Kier molecular flexibility index (Phi) is 7.19. The molecule has 3 rings (SSSR count). The second-order valence-corrected chi connectivity index (χ2v) is 9.81. The van der Waals surface area contributed by atoms with E-state index in [1.165, 1.54) is 0 Å². The van der Waals surface area contributed by atoms with Gasteiger partial charge >= 0.3 is 5.97 Å². The van der Waals surface area contributed by atoms with Gasteiger partial charge in [-0.05, 0) is 55.4 Å². The van der Waals surface area contributed by atoms with Crippen molar-refractivity contribution in [2.45, 2.75) is 38.5 Å². The fraction of sp³-hybridized carbons (Fsp3) is 0.409. The van der Waals surface area contributed by atoms with Crippen LogP contribution in [0.5, 0.6) is 0 Å². The van der Waals surface area contributed by atoms with E-state index in [4.69, 9.17) is 16.7 Å². The summed E-state index contributed by atoms with van der Waals surface area (Å²) in [7, 11) is -3.44. The van der Waals surface area contributed by atoms with Crippen molar-refractivity contribution < 1.29 is 18.3 Å². The van der Waals surface area contributed by atoms with E-state index in [-0.39, 0.29) is 24.0 Å². The average Bonchev–Trinajstić information content (AvgIpc) is 3.26. The number of aryl methyl sites for hydroxylation is 1. The molecule has 5 nitrogen and oxygen atoms in total. The summed E-state index contributed by atoms with van der Waals surface area (Å²) in [5.74, 6) is -0.328. The first-order chi connectivity index (χ1) is 13.8. The lowest BCUT2D eigenvalue weighted by Crippen LogP contribution is -2.29. The maximum atomic E-state index is 12.7. The number of unbranched alkanes of at least 4 members (excludes halogenated alkanes) is 1. The number of allylic oxidation sites excluding steroid dienone is 5. The summed E-state index contributed by atoms with van der Waals surface area (Å²) in [6, 6.07) is 7.22. The summed E-state index contributed by atoms with van der Waals surface area (Å²) < 4.78 is 28.2. The molecule has 29 heavy (non-hydrogen) atoms. The summed E-state index contributed by atoms with van der Waals surface area (Å²) in [6.07, 6.45) is 11.8. The van der Waals surface area contributed by atoms with Crippen LogP contribution < -0.4 is 4.72 Å². The Morgan fingerprint density at radius 2 is 1.90 bits per heavy atom. The Balaban J connectivity index is 1.59. The molecule has 0 fully saturated rings. The maximum Gasteiger partial charge on any atom is 0.303 e. The highest BCUT2D eigenvalue weighted by Gasteiger charge is 2.36. The zero-order valence-corrected chi connectivity index (χ0v) is 17.8. The number of carbonyl (C=O) groups is 1. The minimum atomic E-state index is -3.44. The van der Waals surface area contributed by atoms with E-state index >= 15 is 0 Å². The first-order valence-corrected chi connectivity index (χ1v) is 11.9. The molecule has 0 saturated heterocycles. The zero-order valence-electron chi connectivity index (χ0n) is 16.2. The number of halogens is 1. The molecule has 2 aliphatic rings. The van der Waals surface area contributed by atoms with Gasteiger partial charge in [0.05, 0.1) is 5.75 Å². The van der Waals surface area contributed by atoms with Crippen LogP contribution in [0, 0.1) is 11.8 Å². The van der Waals surface area contributed by atoms with Gasteiger partial charge in [-0.2, -0.15) is 0 Å². The van der Waals surface area contributed by atoms with Crippen LogP contribution in [0.15, 0.2) is 59.8 Å². The number of nitrogens with one attached hydrogen (secondary N) is 1. The lowest BCUT2D eigenvalue weighted by molar-refractivity contribution is -0.137. The molecule has 0 heterocycles. The Labute approximate surface area is 177 Å². The highest BCUT2D eigenvalue weighted by atomic mass is 35.5. The van der Waals surface area contributed by atoms with Crippen molar-refractivity contribution in [2.24, 2.45) is 11.8 Å². The molecule has 0 radical (unpaired) electrons. The molecule has 2 bridgehead atoms. The fourth-order valence-corrected chi connectivity index (χ4v) is 5.18. The Bertz CT molecular complexity index is 932. The van der Waals surface area contributed by atoms with Gasteiger partial charge in [0.15, 0.2) is 0 Å². The number of carboxylic acids is 1. The van der Waals surface area contributed by atoms with E-state index in [0.29, 0.717) is 30.7 Å². The van der Waals surface area contributed by atoms with Gasteiger partial charge in [0.25, 0.3) is 0 Å². The highest BCUT2D eigenvalue weighted by molar-refractivity contribution is 7.89. The number of fused-ring (bicyclic) bond motifs is 2. The van der Waals surface area contributed by atoms with Gasteiger partial charge in [-0.25, -0.2) is 8.42 Å². The van der Waals surface area contributed by atoms with E-state index in [0.717, 1.165) is 23.3 Å². The molecule has 156 valence electrons. The van der Waals surface area contributed by atoms with Crippen molar-refractivity contribution in [3.63, 3.8) is 0 Å². The van der Waals surface area contributed by atoms with Crippen molar-refractivity contribution in [1.29, 1.82) is 0 Å². The van der Waals surface area contributed by atoms with Crippen molar-refractivity contribution in [3.8, 4) is 0 Å². The van der Waals surface area contributed by atoms with Gasteiger partial charge in [0, 0.05) is 29.0 Å². The van der Waals surface area contributed by atoms with Gasteiger partial charge in [0.1, 0.15) is 0 Å². The van der Waals surface area contributed by atoms with Gasteiger partial charge < -0.3 is 5.11 Å². The molecular formula is C22H26ClNO4S. The zero-order chi connectivity index (χ0) is 20.9. The molecule has 0 saturated carbocycles. The lowest BCUT2D eigenvalue weighted by Gasteiger charge is -2.17. The Morgan fingerprint density at radius 3 is 2.62 bits per heavy atom. The van der Waals surface area contributed by atoms with Crippen LogP contribution in [0.2, 0.25) is 5.02 Å². The van der Waals surface area contributed by atoms with Crippen molar-refractivity contribution in [3.05, 3.63) is 70.4 Å². The molecule has 0 spiro atoms. The number of hydrogen-bond acceptors (Lipinski definition) is 3. The van der Waals surface area contributed by atoms with E-state index in [1.54, 1.807) is 12.1 Å². The second-order valence-electron chi connectivity index (χ2n) is 7.53. The standard InChI is InChI=1S/C22H26ClNO4S/c23-19-11-7-16(8-12-19)13-14-29(27,28)24-22-18-10-9-17(15-18)20(22)5-3-1-2-4-6-21(25)26/h1,3,7-12,17-18,24H,2,4-6,13-15H2,(H,25,26). The van der Waals surface area contributed by atoms with Crippen LogP contribution >= 0.6 is 11.6 Å². The minimum absolute atomic E-state index is 0.0253. The molecule has 2 unspecified atom stereocenters. The first kappa shape index (κ1) is 21.7.